The van der Waals surface area contributed by atoms with E-state index in [1.54, 1.807) is 0 Å². The van der Waals surface area contributed by atoms with E-state index in [2.05, 4.69) is 124 Å². The Morgan fingerprint density at radius 1 is 0.821 bits per heavy atom. The third kappa shape index (κ3) is 3.34. The molecular weight excluding hydrogens is 476 g/mol. The summed E-state index contributed by atoms with van der Waals surface area (Å²) < 4.78 is 0. The van der Waals surface area contributed by atoms with E-state index >= 15 is 0 Å². The first kappa shape index (κ1) is 22.4. The predicted octanol–water partition coefficient (Wildman–Crippen LogP) is 8.34. The van der Waals surface area contributed by atoms with Crippen LogP contribution in [0, 0.1) is 5.92 Å². The zero-order valence-corrected chi connectivity index (χ0v) is 22.1. The molecule has 190 valence electrons. The first-order valence-corrected chi connectivity index (χ1v) is 14.0. The van der Waals surface area contributed by atoms with Gasteiger partial charge in [-0.15, -0.1) is 0 Å². The van der Waals surface area contributed by atoms with E-state index in [0.717, 1.165) is 37.3 Å². The van der Waals surface area contributed by atoms with Gasteiger partial charge in [0, 0.05) is 41.9 Å². The summed E-state index contributed by atoms with van der Waals surface area (Å²) in [6, 6.07) is 26.7. The van der Waals surface area contributed by atoms with Crippen molar-refractivity contribution >= 4 is 40.1 Å². The average molecular weight is 507 g/mol. The van der Waals surface area contributed by atoms with Gasteiger partial charge in [-0.25, -0.2) is 0 Å². The second kappa shape index (κ2) is 8.74. The third-order valence-electron chi connectivity index (χ3n) is 8.58. The van der Waals surface area contributed by atoms with E-state index < -0.39 is 0 Å². The fourth-order valence-corrected chi connectivity index (χ4v) is 6.91. The van der Waals surface area contributed by atoms with Crippen LogP contribution >= 0.6 is 0 Å². The monoisotopic (exact) mass is 506 g/mol. The highest BCUT2D eigenvalue weighted by Crippen LogP contribution is 2.53. The summed E-state index contributed by atoms with van der Waals surface area (Å²) >= 11 is 0. The maximum Gasteiger partial charge on any atom is 0.0880 e. The van der Waals surface area contributed by atoms with Crippen LogP contribution in [0.25, 0.3) is 22.8 Å². The molecule has 4 heterocycles. The molecule has 1 atom stereocenters. The van der Waals surface area contributed by atoms with Crippen LogP contribution < -0.4 is 15.1 Å². The zero-order valence-electron chi connectivity index (χ0n) is 22.1. The van der Waals surface area contributed by atoms with Gasteiger partial charge < -0.3 is 15.1 Å². The standard InChI is InChI=1S/C35H30N4/c1-23-9-7-15-31-33(23)27-16-17-29-26(19-22-38(29)32-18-21-36-28-13-8-20-37-35(28)32)34(27)25-12-5-6-14-30(25)39(31)24-10-3-2-4-11-24/h2-8,10-18,21,23,37H,9,19-20,22H2,1H3. The second-order valence-electron chi connectivity index (χ2n) is 10.8. The smallest absolute Gasteiger partial charge is 0.0880 e. The minimum Gasteiger partial charge on any atom is -0.378 e. The molecule has 3 aliphatic heterocycles. The Morgan fingerprint density at radius 3 is 2.62 bits per heavy atom. The summed E-state index contributed by atoms with van der Waals surface area (Å²) in [6.45, 7) is 4.17. The number of aromatic nitrogens is 1. The number of pyridine rings is 1. The number of benzene rings is 3. The minimum atomic E-state index is 0.433. The van der Waals surface area contributed by atoms with Gasteiger partial charge in [0.1, 0.15) is 0 Å². The minimum absolute atomic E-state index is 0.433. The maximum absolute atomic E-state index is 4.62. The Kier molecular flexibility index (Phi) is 5.02. The lowest BCUT2D eigenvalue weighted by Crippen LogP contribution is -2.19. The van der Waals surface area contributed by atoms with E-state index in [4.69, 9.17) is 0 Å². The summed E-state index contributed by atoms with van der Waals surface area (Å²) in [4.78, 5) is 9.58. The number of anilines is 5. The SMILES string of the molecule is CC1CC=CC2=C1c1ccc3c(c1-c1ccccc1N2c1ccccc1)CCN3c1ccnc2c1NCC=C2. The Hall–Kier alpha value is -4.57. The molecule has 0 radical (unpaired) electrons. The fraction of sp³-hybridized carbons (Fsp3) is 0.171. The molecule has 0 amide bonds. The van der Waals surface area contributed by atoms with Gasteiger partial charge in [0.25, 0.3) is 0 Å². The maximum atomic E-state index is 4.62. The van der Waals surface area contributed by atoms with Crippen LogP contribution in [-0.4, -0.2) is 18.1 Å². The van der Waals surface area contributed by atoms with Gasteiger partial charge in [-0.2, -0.15) is 0 Å². The van der Waals surface area contributed by atoms with Crippen molar-refractivity contribution < 1.29 is 0 Å². The molecule has 4 nitrogen and oxygen atoms in total. The zero-order chi connectivity index (χ0) is 25.9. The summed E-state index contributed by atoms with van der Waals surface area (Å²) in [5, 5.41) is 3.58. The van der Waals surface area contributed by atoms with E-state index in [1.807, 2.05) is 6.20 Å². The van der Waals surface area contributed by atoms with Crippen LogP contribution in [-0.2, 0) is 6.42 Å². The van der Waals surface area contributed by atoms with Gasteiger partial charge >= 0.3 is 0 Å². The molecule has 0 saturated heterocycles. The van der Waals surface area contributed by atoms with Crippen LogP contribution in [0.3, 0.4) is 0 Å². The molecule has 0 fully saturated rings. The topological polar surface area (TPSA) is 31.4 Å². The number of allylic oxidation sites excluding steroid dienone is 3. The lowest BCUT2D eigenvalue weighted by molar-refractivity contribution is 0.750. The number of hydrogen-bond acceptors (Lipinski definition) is 4. The Bertz CT molecular complexity index is 1710. The summed E-state index contributed by atoms with van der Waals surface area (Å²) in [5.41, 5.74) is 15.4. The van der Waals surface area contributed by atoms with Crippen molar-refractivity contribution in [1.29, 1.82) is 0 Å². The molecule has 1 aromatic heterocycles. The van der Waals surface area contributed by atoms with Gasteiger partial charge in [0.05, 0.1) is 22.8 Å². The molecule has 1 N–H and O–H groups in total. The molecule has 4 heteroatoms. The molecule has 1 unspecified atom stereocenters. The Balaban J connectivity index is 1.39. The highest BCUT2D eigenvalue weighted by atomic mass is 15.2. The van der Waals surface area contributed by atoms with Crippen molar-refractivity contribution in [1.82, 2.24) is 4.98 Å². The quantitative estimate of drug-likeness (QED) is 0.296. The molecule has 3 aromatic carbocycles. The predicted molar refractivity (Wildman–Crippen MR) is 163 cm³/mol. The summed E-state index contributed by atoms with van der Waals surface area (Å²) in [7, 11) is 0. The normalized spacial score (nSPS) is 18.5. The fourth-order valence-electron chi connectivity index (χ4n) is 6.91. The number of hydrogen-bond donors (Lipinski definition) is 1. The second-order valence-corrected chi connectivity index (χ2v) is 10.8. The van der Waals surface area contributed by atoms with Crippen molar-refractivity contribution in [3.8, 4) is 11.1 Å². The largest absolute Gasteiger partial charge is 0.378 e. The third-order valence-corrected chi connectivity index (χ3v) is 8.58. The molecular formula is C35H30N4. The first-order valence-electron chi connectivity index (χ1n) is 14.0. The van der Waals surface area contributed by atoms with Gasteiger partial charge in [0.15, 0.2) is 0 Å². The van der Waals surface area contributed by atoms with Crippen LogP contribution in [0.1, 0.15) is 30.2 Å². The van der Waals surface area contributed by atoms with Crippen LogP contribution in [0.4, 0.5) is 28.4 Å². The van der Waals surface area contributed by atoms with E-state index in [1.165, 1.54) is 56.3 Å². The number of nitrogens with zero attached hydrogens (tertiary/aromatic N) is 3. The lowest BCUT2D eigenvalue weighted by atomic mass is 9.81. The van der Waals surface area contributed by atoms with Crippen molar-refractivity contribution in [2.45, 2.75) is 19.8 Å². The number of rotatable bonds is 2. The summed E-state index contributed by atoms with van der Waals surface area (Å²) in [6.07, 6.45) is 13.0. The molecule has 0 saturated carbocycles. The molecule has 39 heavy (non-hydrogen) atoms. The average Bonchev–Trinajstić information content (AvgIpc) is 3.36. The van der Waals surface area contributed by atoms with Crippen molar-refractivity contribution in [3.05, 3.63) is 120 Å². The number of fused-ring (bicyclic) bond motifs is 7. The molecule has 8 rings (SSSR count). The van der Waals surface area contributed by atoms with Crippen molar-refractivity contribution in [2.75, 3.05) is 28.2 Å². The highest BCUT2D eigenvalue weighted by Gasteiger charge is 2.35. The molecule has 1 aliphatic carbocycles. The van der Waals surface area contributed by atoms with Crippen molar-refractivity contribution in [2.24, 2.45) is 5.92 Å². The van der Waals surface area contributed by atoms with E-state index in [0.29, 0.717) is 5.92 Å². The molecule has 0 spiro atoms. The highest BCUT2D eigenvalue weighted by molar-refractivity contribution is 6.01. The van der Waals surface area contributed by atoms with E-state index in [9.17, 15) is 0 Å². The van der Waals surface area contributed by atoms with Crippen LogP contribution in [0.15, 0.2) is 103 Å². The molecule has 0 bridgehead atoms. The van der Waals surface area contributed by atoms with E-state index in [-0.39, 0.29) is 0 Å². The van der Waals surface area contributed by atoms with Crippen LogP contribution in [0.5, 0.6) is 0 Å². The first-order chi connectivity index (χ1) is 19.3. The lowest BCUT2D eigenvalue weighted by Gasteiger charge is -2.31. The van der Waals surface area contributed by atoms with Gasteiger partial charge in [-0.3, -0.25) is 4.98 Å². The van der Waals surface area contributed by atoms with Crippen LogP contribution in [0.2, 0.25) is 0 Å². The number of nitrogens with one attached hydrogen (secondary N) is 1. The van der Waals surface area contributed by atoms with Crippen molar-refractivity contribution in [3.63, 3.8) is 0 Å². The number of para-hydroxylation sites is 2. The molecule has 4 aliphatic rings. The Morgan fingerprint density at radius 2 is 1.69 bits per heavy atom. The summed E-state index contributed by atoms with van der Waals surface area (Å²) in [5.74, 6) is 0.433. The van der Waals surface area contributed by atoms with Gasteiger partial charge in [-0.05, 0) is 83.5 Å². The molecule has 4 aromatic rings. The van der Waals surface area contributed by atoms with Gasteiger partial charge in [0.2, 0.25) is 0 Å². The van der Waals surface area contributed by atoms with Gasteiger partial charge in [-0.1, -0.05) is 61.5 Å². The Labute approximate surface area is 229 Å².